The molecule has 4 unspecified atom stereocenters. The molecule has 3 rings (SSSR count). The second-order valence-corrected chi connectivity index (χ2v) is 7.54. The molecule has 0 saturated heterocycles. The lowest BCUT2D eigenvalue weighted by Gasteiger charge is -2.42. The minimum absolute atomic E-state index is 0.244. The Morgan fingerprint density at radius 1 is 1.08 bits per heavy atom. The van der Waals surface area contributed by atoms with Gasteiger partial charge < -0.3 is 4.74 Å². The number of ether oxygens (including phenoxy) is 1. The van der Waals surface area contributed by atoms with Gasteiger partial charge in [0.2, 0.25) is 0 Å². The molecule has 4 atom stereocenters. The summed E-state index contributed by atoms with van der Waals surface area (Å²) in [6, 6.07) is 2.84. The van der Waals surface area contributed by atoms with Gasteiger partial charge in [-0.1, -0.05) is 23.8 Å². The summed E-state index contributed by atoms with van der Waals surface area (Å²) in [5.74, 6) is 0.289. The van der Waals surface area contributed by atoms with E-state index >= 15 is 0 Å². The number of allylic oxidation sites excluding steroid dienone is 1. The fraction of sp³-hybridized carbons (Fsp3) is 0.600. The number of halogens is 3. The maximum atomic E-state index is 13.7. The van der Waals surface area contributed by atoms with Crippen molar-refractivity contribution in [3.8, 4) is 0 Å². The van der Waals surface area contributed by atoms with Gasteiger partial charge in [0.1, 0.15) is 16.7 Å². The molecular weight excluding hydrogens is 330 g/mol. The Morgan fingerprint density at radius 3 is 2.46 bits per heavy atom. The molecule has 1 nitrogen and oxygen atoms in total. The lowest BCUT2D eigenvalue weighted by atomic mass is 9.65. The van der Waals surface area contributed by atoms with Gasteiger partial charge in [0.05, 0.1) is 12.7 Å². The second kappa shape index (κ2) is 7.97. The van der Waals surface area contributed by atoms with Gasteiger partial charge in [-0.05, 0) is 80.9 Å². The zero-order valence-electron chi connectivity index (χ0n) is 14.1. The number of fused-ring (bicyclic) bond motifs is 1. The predicted molar refractivity (Wildman–Crippen MR) is 93.3 cm³/mol. The van der Waals surface area contributed by atoms with Crippen LogP contribution in [0.3, 0.4) is 0 Å². The van der Waals surface area contributed by atoms with Crippen molar-refractivity contribution in [2.24, 2.45) is 11.8 Å². The summed E-state index contributed by atoms with van der Waals surface area (Å²) in [5.41, 5.74) is 0.763. The van der Waals surface area contributed by atoms with Crippen LogP contribution in [0.25, 0.3) is 0 Å². The normalized spacial score (nSPS) is 30.5. The van der Waals surface area contributed by atoms with Crippen LogP contribution in [0.2, 0.25) is 5.02 Å². The predicted octanol–water partition coefficient (Wildman–Crippen LogP) is 6.26. The van der Waals surface area contributed by atoms with Gasteiger partial charge in [-0.3, -0.25) is 0 Å². The van der Waals surface area contributed by atoms with Crippen molar-refractivity contribution in [2.75, 3.05) is 6.61 Å². The van der Waals surface area contributed by atoms with Crippen LogP contribution >= 0.6 is 11.6 Å². The van der Waals surface area contributed by atoms with E-state index in [9.17, 15) is 8.78 Å². The largest absolute Gasteiger partial charge is 0.374 e. The minimum Gasteiger partial charge on any atom is -0.374 e. The molecule has 0 N–H and O–H groups in total. The van der Waals surface area contributed by atoms with Gasteiger partial charge in [0.25, 0.3) is 0 Å². The molecule has 0 heterocycles. The molecule has 4 heteroatoms. The lowest BCUT2D eigenvalue weighted by molar-refractivity contribution is -0.00321. The first kappa shape index (κ1) is 17.9. The zero-order valence-corrected chi connectivity index (χ0v) is 14.9. The Labute approximate surface area is 148 Å². The standard InChI is InChI=1S/C20H25ClF2O/c1-2-3-8-24-17-7-6-13-9-14(4-5-15(13)10-17)16-11-18(22)20(21)19(23)12-16/h2-3,11-15,17H,4-10H2,1H3/b3-2+. The molecule has 1 aromatic rings. The number of hydrogen-bond acceptors (Lipinski definition) is 1. The Kier molecular flexibility index (Phi) is 5.93. The molecule has 0 amide bonds. The average molecular weight is 355 g/mol. The van der Waals surface area contributed by atoms with Gasteiger partial charge >= 0.3 is 0 Å². The van der Waals surface area contributed by atoms with E-state index in [1.54, 1.807) is 0 Å². The Morgan fingerprint density at radius 2 is 1.75 bits per heavy atom. The van der Waals surface area contributed by atoms with E-state index in [1.807, 2.05) is 19.1 Å². The summed E-state index contributed by atoms with van der Waals surface area (Å²) in [4.78, 5) is 0. The number of benzene rings is 1. The van der Waals surface area contributed by atoms with Gasteiger partial charge in [-0.2, -0.15) is 0 Å². The molecule has 1 aromatic carbocycles. The van der Waals surface area contributed by atoms with Crippen molar-refractivity contribution in [1.29, 1.82) is 0 Å². The van der Waals surface area contributed by atoms with Crippen molar-refractivity contribution in [3.05, 3.63) is 46.5 Å². The molecular formula is C20H25ClF2O. The summed E-state index contributed by atoms with van der Waals surface area (Å²) in [6.45, 7) is 2.70. The van der Waals surface area contributed by atoms with Gasteiger partial charge in [0.15, 0.2) is 0 Å². The summed E-state index contributed by atoms with van der Waals surface area (Å²) in [7, 11) is 0. The van der Waals surface area contributed by atoms with E-state index in [2.05, 4.69) is 0 Å². The van der Waals surface area contributed by atoms with Crippen molar-refractivity contribution < 1.29 is 13.5 Å². The second-order valence-electron chi connectivity index (χ2n) is 7.17. The van der Waals surface area contributed by atoms with E-state index in [-0.39, 0.29) is 5.92 Å². The lowest BCUT2D eigenvalue weighted by Crippen LogP contribution is -2.33. The van der Waals surface area contributed by atoms with Crippen molar-refractivity contribution in [2.45, 2.75) is 57.5 Å². The molecule has 0 radical (unpaired) electrons. The fourth-order valence-corrected chi connectivity index (χ4v) is 4.51. The zero-order chi connectivity index (χ0) is 17.1. The molecule has 2 saturated carbocycles. The third-order valence-corrected chi connectivity index (χ3v) is 6.07. The molecule has 2 aliphatic carbocycles. The summed E-state index contributed by atoms with van der Waals surface area (Å²) >= 11 is 5.60. The summed E-state index contributed by atoms with van der Waals surface area (Å²) in [5, 5.41) is -0.397. The van der Waals surface area contributed by atoms with E-state index < -0.39 is 16.7 Å². The van der Waals surface area contributed by atoms with Crippen molar-refractivity contribution >= 4 is 11.6 Å². The van der Waals surface area contributed by atoms with Crippen LogP contribution in [0.5, 0.6) is 0 Å². The number of rotatable bonds is 4. The first-order valence-corrected chi connectivity index (χ1v) is 9.33. The summed E-state index contributed by atoms with van der Waals surface area (Å²) in [6.07, 6.45) is 10.9. The van der Waals surface area contributed by atoms with Gasteiger partial charge in [-0.15, -0.1) is 0 Å². The fourth-order valence-electron chi connectivity index (χ4n) is 4.40. The molecule has 2 fully saturated rings. The van der Waals surface area contributed by atoms with E-state index in [4.69, 9.17) is 16.3 Å². The van der Waals surface area contributed by atoms with Crippen LogP contribution in [0, 0.1) is 23.5 Å². The van der Waals surface area contributed by atoms with Gasteiger partial charge in [0, 0.05) is 0 Å². The van der Waals surface area contributed by atoms with Crippen LogP contribution in [-0.2, 0) is 4.74 Å². The van der Waals surface area contributed by atoms with E-state index in [1.165, 1.54) is 12.1 Å². The molecule has 0 aromatic heterocycles. The SMILES string of the molecule is C/C=C/COC1CCC2CC(c3cc(F)c(Cl)c(F)c3)CCC2C1. The molecule has 0 spiro atoms. The molecule has 24 heavy (non-hydrogen) atoms. The minimum atomic E-state index is -0.644. The third-order valence-electron chi connectivity index (χ3n) is 5.71. The highest BCUT2D eigenvalue weighted by Gasteiger charge is 2.36. The average Bonchev–Trinajstić information content (AvgIpc) is 2.59. The Bertz CT molecular complexity index is 578. The van der Waals surface area contributed by atoms with Crippen LogP contribution in [-0.4, -0.2) is 12.7 Å². The van der Waals surface area contributed by atoms with E-state index in [0.717, 1.165) is 44.1 Å². The highest BCUT2D eigenvalue weighted by atomic mass is 35.5. The van der Waals surface area contributed by atoms with Crippen molar-refractivity contribution in [3.63, 3.8) is 0 Å². The highest BCUT2D eigenvalue weighted by molar-refractivity contribution is 6.30. The van der Waals surface area contributed by atoms with Crippen LogP contribution < -0.4 is 0 Å². The smallest absolute Gasteiger partial charge is 0.145 e. The highest BCUT2D eigenvalue weighted by Crippen LogP contribution is 2.47. The third kappa shape index (κ3) is 4.00. The summed E-state index contributed by atoms with van der Waals surface area (Å²) < 4.78 is 33.4. The quantitative estimate of drug-likeness (QED) is 0.457. The molecule has 132 valence electrons. The Hall–Kier alpha value is -0.930. The Balaban J connectivity index is 1.60. The van der Waals surface area contributed by atoms with Crippen LogP contribution in [0.15, 0.2) is 24.3 Å². The first-order valence-electron chi connectivity index (χ1n) is 8.95. The van der Waals surface area contributed by atoms with Gasteiger partial charge in [-0.25, -0.2) is 8.78 Å². The van der Waals surface area contributed by atoms with Crippen LogP contribution in [0.4, 0.5) is 8.78 Å². The monoisotopic (exact) mass is 354 g/mol. The molecule has 0 aliphatic heterocycles. The maximum Gasteiger partial charge on any atom is 0.145 e. The molecule has 0 bridgehead atoms. The molecule has 2 aliphatic rings. The first-order chi connectivity index (χ1) is 11.6. The van der Waals surface area contributed by atoms with Crippen LogP contribution in [0.1, 0.15) is 56.9 Å². The van der Waals surface area contributed by atoms with Crippen molar-refractivity contribution in [1.82, 2.24) is 0 Å². The number of hydrogen-bond donors (Lipinski definition) is 0. The maximum absolute atomic E-state index is 13.7. The van der Waals surface area contributed by atoms with E-state index in [0.29, 0.717) is 24.5 Å². The topological polar surface area (TPSA) is 9.23 Å².